The highest BCUT2D eigenvalue weighted by atomic mass is 32.3. The molecular weight excluding hydrogens is 671 g/mol. The second-order valence-electron chi connectivity index (χ2n) is 12.3. The first kappa shape index (κ1) is 35.3. The number of aryl methyl sites for hydroxylation is 3. The molecule has 50 heavy (non-hydrogen) atoms. The molecule has 0 saturated heterocycles. The molecule has 1 aliphatic rings. The molecule has 0 bridgehead atoms. The van der Waals surface area contributed by atoms with Gasteiger partial charge in [0.05, 0.1) is 29.5 Å². The Labute approximate surface area is 289 Å². The highest BCUT2D eigenvalue weighted by Crippen LogP contribution is 2.57. The number of alkyl halides is 3. The summed E-state index contributed by atoms with van der Waals surface area (Å²) in [5, 5.41) is 11.3. The number of amides is 1. The number of hydrogen-bond donors (Lipinski definition) is 3. The highest BCUT2D eigenvalue weighted by molar-refractivity contribution is 8.22. The number of carbonyl (C=O) groups excluding carboxylic acids is 1. The number of benzene rings is 2. The van der Waals surface area contributed by atoms with E-state index in [0.29, 0.717) is 24.7 Å². The second kappa shape index (κ2) is 14.0. The van der Waals surface area contributed by atoms with Crippen LogP contribution in [0.4, 0.5) is 18.9 Å². The maximum absolute atomic E-state index is 13.6. The molecule has 0 fully saturated rings. The van der Waals surface area contributed by atoms with E-state index in [0.717, 1.165) is 39.4 Å². The number of nitrogens with one attached hydrogen (secondary N) is 1. The Morgan fingerprint density at radius 2 is 1.92 bits per heavy atom. The number of fused-ring (bicyclic) bond motifs is 2. The molecule has 1 amide bonds. The molecule has 0 aliphatic carbocycles. The van der Waals surface area contributed by atoms with Gasteiger partial charge in [0.2, 0.25) is 11.8 Å². The molecule has 2 aromatic carbocycles. The molecule has 15 heteroatoms. The molecule has 0 radical (unpaired) electrons. The van der Waals surface area contributed by atoms with Crippen LogP contribution in [0.2, 0.25) is 0 Å². The van der Waals surface area contributed by atoms with Crippen molar-refractivity contribution in [3.05, 3.63) is 101 Å². The number of halogens is 3. The zero-order chi connectivity index (χ0) is 35.8. The van der Waals surface area contributed by atoms with Crippen LogP contribution in [0.25, 0.3) is 11.0 Å². The maximum Gasteiger partial charge on any atom is 0.417 e. The fourth-order valence-corrected chi connectivity index (χ4v) is 7.80. The van der Waals surface area contributed by atoms with Crippen LogP contribution in [0.5, 0.6) is 5.88 Å². The third-order valence-corrected chi connectivity index (χ3v) is 10.9. The lowest BCUT2D eigenvalue weighted by atomic mass is 9.84. The average molecular weight is 710 g/mol. The summed E-state index contributed by atoms with van der Waals surface area (Å²) < 4.78 is 72.7. The summed E-state index contributed by atoms with van der Waals surface area (Å²) in [6, 6.07) is 13.7. The third-order valence-electron chi connectivity index (χ3n) is 9.05. The minimum Gasteiger partial charge on any atom is -0.472 e. The van der Waals surface area contributed by atoms with Crippen LogP contribution in [0, 0.1) is 13.8 Å². The summed E-state index contributed by atoms with van der Waals surface area (Å²) in [6.45, 7) is 8.77. The minimum absolute atomic E-state index is 0.0694. The Kier molecular flexibility index (Phi) is 9.86. The molecule has 264 valence electrons. The number of rotatable bonds is 9. The molecule has 11 nitrogen and oxygen atoms in total. The van der Waals surface area contributed by atoms with Crippen molar-refractivity contribution in [3.63, 3.8) is 0 Å². The number of aromatic nitrogens is 5. The van der Waals surface area contributed by atoms with Crippen LogP contribution in [-0.4, -0.2) is 56.9 Å². The van der Waals surface area contributed by atoms with Crippen molar-refractivity contribution >= 4 is 33.4 Å². The normalized spacial score (nSPS) is 17.4. The number of pyridine rings is 2. The van der Waals surface area contributed by atoms with Gasteiger partial charge in [-0.1, -0.05) is 36.4 Å². The summed E-state index contributed by atoms with van der Waals surface area (Å²) >= 11 is 0. The molecule has 6 rings (SSSR count). The number of carbonyl (C=O) groups is 1. The van der Waals surface area contributed by atoms with Gasteiger partial charge >= 0.3 is 6.18 Å². The molecule has 2 atom stereocenters. The largest absolute Gasteiger partial charge is 0.472 e. The molecular formula is C35H38F3N7O4S. The summed E-state index contributed by atoms with van der Waals surface area (Å²) in [7, 11) is -3.48. The van der Waals surface area contributed by atoms with Crippen molar-refractivity contribution in [2.24, 2.45) is 0 Å². The van der Waals surface area contributed by atoms with Gasteiger partial charge in [0, 0.05) is 37.8 Å². The molecule has 5 aromatic rings. The van der Waals surface area contributed by atoms with Crippen molar-refractivity contribution in [1.82, 2.24) is 29.3 Å². The van der Waals surface area contributed by atoms with Gasteiger partial charge in [-0.3, -0.25) is 18.9 Å². The SMILES string of the molecule is CCC1CN(Cc2cc(C(CC(=O)Nc3cncc(C(F)(F)F)c3)c3ccc4c(nnn4CC)c3C)ccc2C)S(O)(O)c2cccnc2O1. The Balaban J connectivity index is 1.38. The van der Waals surface area contributed by atoms with Crippen molar-refractivity contribution in [2.45, 2.75) is 76.7 Å². The van der Waals surface area contributed by atoms with Crippen molar-refractivity contribution in [3.8, 4) is 5.88 Å². The Hall–Kier alpha value is -4.57. The predicted molar refractivity (Wildman–Crippen MR) is 184 cm³/mol. The lowest BCUT2D eigenvalue weighted by Gasteiger charge is -2.41. The van der Waals surface area contributed by atoms with E-state index < -0.39 is 34.3 Å². The monoisotopic (exact) mass is 709 g/mol. The molecule has 1 aliphatic heterocycles. The van der Waals surface area contributed by atoms with E-state index in [2.05, 4.69) is 25.6 Å². The second-order valence-corrected chi connectivity index (χ2v) is 14.3. The first-order valence-corrected chi connectivity index (χ1v) is 17.7. The van der Waals surface area contributed by atoms with E-state index in [1.807, 2.05) is 58.0 Å². The van der Waals surface area contributed by atoms with E-state index in [1.165, 1.54) is 6.20 Å². The van der Waals surface area contributed by atoms with Gasteiger partial charge in [-0.2, -0.15) is 17.5 Å². The van der Waals surface area contributed by atoms with E-state index in [1.54, 1.807) is 27.3 Å². The topological polar surface area (TPSA) is 139 Å². The van der Waals surface area contributed by atoms with Crippen LogP contribution < -0.4 is 10.1 Å². The average Bonchev–Trinajstić information content (AvgIpc) is 3.47. The van der Waals surface area contributed by atoms with Gasteiger partial charge in [-0.15, -0.1) is 15.9 Å². The van der Waals surface area contributed by atoms with E-state index in [4.69, 9.17) is 4.74 Å². The highest BCUT2D eigenvalue weighted by Gasteiger charge is 2.36. The van der Waals surface area contributed by atoms with Gasteiger partial charge in [-0.25, -0.2) is 9.67 Å². The van der Waals surface area contributed by atoms with Crippen molar-refractivity contribution in [1.29, 1.82) is 0 Å². The van der Waals surface area contributed by atoms with Crippen LogP contribution in [0.3, 0.4) is 0 Å². The Morgan fingerprint density at radius 1 is 1.12 bits per heavy atom. The Bertz CT molecular complexity index is 2040. The summed E-state index contributed by atoms with van der Waals surface area (Å²) in [5.41, 5.74) is 4.54. The zero-order valence-corrected chi connectivity index (χ0v) is 28.8. The number of anilines is 1. The Morgan fingerprint density at radius 3 is 2.66 bits per heavy atom. The van der Waals surface area contributed by atoms with Crippen LogP contribution >= 0.6 is 10.8 Å². The number of hydrogen-bond acceptors (Lipinski definition) is 9. The summed E-state index contributed by atoms with van der Waals surface area (Å²) in [5.74, 6) is -0.866. The summed E-state index contributed by atoms with van der Waals surface area (Å²) in [4.78, 5) is 21.7. The first-order valence-electron chi connectivity index (χ1n) is 16.2. The molecule has 2 unspecified atom stereocenters. The minimum atomic E-state index is -4.62. The van der Waals surface area contributed by atoms with Crippen molar-refractivity contribution in [2.75, 3.05) is 11.9 Å². The quantitative estimate of drug-likeness (QED) is 0.140. The summed E-state index contributed by atoms with van der Waals surface area (Å²) in [6.07, 6.45) is -1.03. The molecule has 0 spiro atoms. The first-order chi connectivity index (χ1) is 23.8. The van der Waals surface area contributed by atoms with Gasteiger partial charge < -0.3 is 10.1 Å². The van der Waals surface area contributed by atoms with Crippen LogP contribution in [0.1, 0.15) is 66.0 Å². The van der Waals surface area contributed by atoms with Crippen LogP contribution in [0.15, 0.2) is 72.0 Å². The van der Waals surface area contributed by atoms with Gasteiger partial charge in [0.25, 0.3) is 0 Å². The van der Waals surface area contributed by atoms with E-state index in [9.17, 15) is 27.1 Å². The van der Waals surface area contributed by atoms with E-state index >= 15 is 0 Å². The standard InChI is InChI=1S/C35H38F3N7O4S/c1-5-27-20-44(50(47,48)31-8-7-13-40-34(31)49-27)19-24-14-23(10-9-21(24)3)29(28-11-12-30-33(22(28)4)42-43-45(30)6-2)16-32(46)41-26-15-25(17-39-18-26)35(36,37)38/h7-15,17-18,27,29,47-48H,5-6,16,19-20H2,1-4H3,(H,41,46). The fourth-order valence-electron chi connectivity index (χ4n) is 6.24. The number of ether oxygens (including phenoxy) is 1. The fraction of sp³-hybridized carbons (Fsp3) is 0.343. The third kappa shape index (κ3) is 7.03. The lowest BCUT2D eigenvalue weighted by molar-refractivity contribution is -0.137. The number of nitrogens with zero attached hydrogens (tertiary/aromatic N) is 6. The molecule has 0 saturated carbocycles. The van der Waals surface area contributed by atoms with Crippen molar-refractivity contribution < 1.29 is 31.8 Å². The van der Waals surface area contributed by atoms with Gasteiger partial charge in [-0.05, 0) is 79.3 Å². The molecule has 3 N–H and O–H groups in total. The van der Waals surface area contributed by atoms with E-state index in [-0.39, 0.29) is 42.1 Å². The van der Waals surface area contributed by atoms with Gasteiger partial charge in [0.1, 0.15) is 16.5 Å². The zero-order valence-electron chi connectivity index (χ0n) is 28.0. The smallest absolute Gasteiger partial charge is 0.417 e. The molecule has 3 aromatic heterocycles. The molecule has 4 heterocycles. The lowest BCUT2D eigenvalue weighted by Crippen LogP contribution is -2.34. The maximum atomic E-state index is 13.6. The van der Waals surface area contributed by atoms with Crippen LogP contribution in [-0.2, 0) is 24.1 Å². The van der Waals surface area contributed by atoms with Gasteiger partial charge in [0.15, 0.2) is 0 Å². The predicted octanol–water partition coefficient (Wildman–Crippen LogP) is 7.74.